The molecule has 2 N–H and O–H groups in total. The minimum atomic E-state index is -0.298. The summed E-state index contributed by atoms with van der Waals surface area (Å²) in [6, 6.07) is 6.69. The zero-order valence-corrected chi connectivity index (χ0v) is 14.9. The van der Waals surface area contributed by atoms with Crippen molar-refractivity contribution in [2.45, 2.75) is 38.1 Å². The molecule has 1 amide bonds. The second kappa shape index (κ2) is 7.58. The van der Waals surface area contributed by atoms with Gasteiger partial charge in [0.1, 0.15) is 5.82 Å². The van der Waals surface area contributed by atoms with Crippen LogP contribution in [0.1, 0.15) is 42.5 Å². The molecular formula is C20H25FN4O. The molecule has 6 heteroatoms. The summed E-state index contributed by atoms with van der Waals surface area (Å²) >= 11 is 0. The fourth-order valence-electron chi connectivity index (χ4n) is 4.43. The minimum absolute atomic E-state index is 0.119. The summed E-state index contributed by atoms with van der Waals surface area (Å²) in [7, 11) is 0. The number of carbonyl (C=O) groups is 1. The van der Waals surface area contributed by atoms with Gasteiger partial charge in [-0.15, -0.1) is 0 Å². The van der Waals surface area contributed by atoms with Crippen LogP contribution in [-0.4, -0.2) is 46.7 Å². The van der Waals surface area contributed by atoms with E-state index >= 15 is 0 Å². The van der Waals surface area contributed by atoms with Crippen LogP contribution in [-0.2, 0) is 0 Å². The third-order valence-electron chi connectivity index (χ3n) is 5.77. The normalized spacial score (nSPS) is 23.4. The first-order valence-corrected chi connectivity index (χ1v) is 9.54. The Morgan fingerprint density at radius 3 is 2.85 bits per heavy atom. The molecule has 3 heterocycles. The fraction of sp³-hybridized carbons (Fsp3) is 0.500. The van der Waals surface area contributed by atoms with Gasteiger partial charge >= 0.3 is 0 Å². The van der Waals surface area contributed by atoms with Crippen molar-refractivity contribution < 1.29 is 9.18 Å². The number of nitrogens with one attached hydrogen (secondary N) is 2. The van der Waals surface area contributed by atoms with Crippen molar-refractivity contribution in [2.75, 3.05) is 19.6 Å². The summed E-state index contributed by atoms with van der Waals surface area (Å²) in [6.07, 6.45) is 7.77. The summed E-state index contributed by atoms with van der Waals surface area (Å²) in [6.45, 7) is 3.10. The van der Waals surface area contributed by atoms with E-state index in [0.29, 0.717) is 29.8 Å². The maximum absolute atomic E-state index is 13.1. The molecule has 0 radical (unpaired) electrons. The van der Waals surface area contributed by atoms with Gasteiger partial charge in [0.2, 0.25) is 0 Å². The van der Waals surface area contributed by atoms with Gasteiger partial charge in [0.25, 0.3) is 5.91 Å². The largest absolute Gasteiger partial charge is 0.352 e. The molecule has 0 unspecified atom stereocenters. The molecule has 1 aromatic carbocycles. The third-order valence-corrected chi connectivity index (χ3v) is 5.77. The average molecular weight is 356 g/mol. The standard InChI is InChI=1S/C20H25FN4O/c21-16-8-6-14(7-9-16)19-17(13-23-24-19)20(26)22-12-15-4-3-11-25-10-2-1-5-18(15)25/h6-9,13,15,18H,1-5,10-12H2,(H,22,26)(H,23,24)/t15-,18+/m1/s1. The molecular weight excluding hydrogens is 331 g/mol. The predicted octanol–water partition coefficient (Wildman–Crippen LogP) is 3.21. The summed E-state index contributed by atoms with van der Waals surface area (Å²) in [4.78, 5) is 15.3. The fourth-order valence-corrected chi connectivity index (χ4v) is 4.43. The van der Waals surface area contributed by atoms with Gasteiger partial charge in [-0.1, -0.05) is 6.42 Å². The number of halogens is 1. The Morgan fingerprint density at radius 2 is 2.00 bits per heavy atom. The molecule has 5 nitrogen and oxygen atoms in total. The minimum Gasteiger partial charge on any atom is -0.352 e. The smallest absolute Gasteiger partial charge is 0.255 e. The first-order chi connectivity index (χ1) is 12.7. The lowest BCUT2D eigenvalue weighted by Gasteiger charge is -2.44. The number of rotatable bonds is 4. The van der Waals surface area contributed by atoms with E-state index in [9.17, 15) is 9.18 Å². The molecule has 0 bridgehead atoms. The van der Waals surface area contributed by atoms with E-state index in [0.717, 1.165) is 5.56 Å². The number of fused-ring (bicyclic) bond motifs is 1. The number of carbonyl (C=O) groups excluding carboxylic acids is 1. The molecule has 2 aliphatic rings. The zero-order valence-electron chi connectivity index (χ0n) is 14.9. The van der Waals surface area contributed by atoms with Gasteiger partial charge < -0.3 is 10.2 Å². The molecule has 26 heavy (non-hydrogen) atoms. The molecule has 2 saturated heterocycles. The highest BCUT2D eigenvalue weighted by Crippen LogP contribution is 2.30. The van der Waals surface area contributed by atoms with Gasteiger partial charge in [0.05, 0.1) is 17.5 Å². The Kier molecular flexibility index (Phi) is 5.02. The Balaban J connectivity index is 1.43. The molecule has 0 spiro atoms. The topological polar surface area (TPSA) is 61.0 Å². The highest BCUT2D eigenvalue weighted by atomic mass is 19.1. The predicted molar refractivity (Wildman–Crippen MR) is 98.3 cm³/mol. The van der Waals surface area contributed by atoms with Crippen LogP contribution in [0.25, 0.3) is 11.3 Å². The molecule has 0 aliphatic carbocycles. The van der Waals surface area contributed by atoms with E-state index in [2.05, 4.69) is 20.4 Å². The number of aromatic amines is 1. The van der Waals surface area contributed by atoms with Crippen LogP contribution in [0.5, 0.6) is 0 Å². The zero-order chi connectivity index (χ0) is 17.9. The van der Waals surface area contributed by atoms with Crippen molar-refractivity contribution in [1.82, 2.24) is 20.4 Å². The number of hydrogen-bond acceptors (Lipinski definition) is 3. The lowest BCUT2D eigenvalue weighted by Crippen LogP contribution is -2.51. The number of H-pyrrole nitrogens is 1. The summed E-state index contributed by atoms with van der Waals surface area (Å²) in [5.41, 5.74) is 1.89. The number of hydrogen-bond donors (Lipinski definition) is 2. The first-order valence-electron chi connectivity index (χ1n) is 9.54. The maximum atomic E-state index is 13.1. The quantitative estimate of drug-likeness (QED) is 0.884. The molecule has 0 saturated carbocycles. The van der Waals surface area contributed by atoms with Crippen LogP contribution in [0.3, 0.4) is 0 Å². The van der Waals surface area contributed by atoms with Crippen LogP contribution >= 0.6 is 0 Å². The van der Waals surface area contributed by atoms with Crippen molar-refractivity contribution in [2.24, 2.45) is 5.92 Å². The Morgan fingerprint density at radius 1 is 1.19 bits per heavy atom. The van der Waals surface area contributed by atoms with Crippen molar-refractivity contribution in [1.29, 1.82) is 0 Å². The van der Waals surface area contributed by atoms with E-state index in [-0.39, 0.29) is 11.7 Å². The summed E-state index contributed by atoms with van der Waals surface area (Å²) < 4.78 is 13.1. The number of piperidine rings is 2. The van der Waals surface area contributed by atoms with E-state index in [4.69, 9.17) is 0 Å². The monoisotopic (exact) mass is 356 g/mol. The van der Waals surface area contributed by atoms with Gasteiger partial charge in [-0.25, -0.2) is 4.39 Å². The molecule has 4 rings (SSSR count). The van der Waals surface area contributed by atoms with E-state index < -0.39 is 0 Å². The van der Waals surface area contributed by atoms with Crippen LogP contribution in [0, 0.1) is 11.7 Å². The average Bonchev–Trinajstić information content (AvgIpc) is 3.16. The van der Waals surface area contributed by atoms with Gasteiger partial charge in [-0.3, -0.25) is 9.89 Å². The molecule has 1 aromatic heterocycles. The second-order valence-electron chi connectivity index (χ2n) is 7.38. The Hall–Kier alpha value is -2.21. The molecule has 2 aromatic rings. The van der Waals surface area contributed by atoms with Crippen LogP contribution in [0.4, 0.5) is 4.39 Å². The van der Waals surface area contributed by atoms with Gasteiger partial charge in [-0.05, 0) is 69.0 Å². The van der Waals surface area contributed by atoms with E-state index in [1.165, 1.54) is 57.3 Å². The Labute approximate surface area is 153 Å². The van der Waals surface area contributed by atoms with Crippen LogP contribution in [0.2, 0.25) is 0 Å². The van der Waals surface area contributed by atoms with Crippen LogP contribution < -0.4 is 5.32 Å². The molecule has 138 valence electrons. The van der Waals surface area contributed by atoms with Crippen molar-refractivity contribution in [3.05, 3.63) is 41.8 Å². The first kappa shape index (κ1) is 17.2. The van der Waals surface area contributed by atoms with Crippen molar-refractivity contribution in [3.63, 3.8) is 0 Å². The van der Waals surface area contributed by atoms with E-state index in [1.807, 2.05) is 0 Å². The summed E-state index contributed by atoms with van der Waals surface area (Å²) in [5.74, 6) is 0.105. The van der Waals surface area contributed by atoms with Gasteiger partial charge in [-0.2, -0.15) is 5.10 Å². The van der Waals surface area contributed by atoms with Gasteiger partial charge in [0, 0.05) is 18.2 Å². The van der Waals surface area contributed by atoms with Gasteiger partial charge in [0.15, 0.2) is 0 Å². The summed E-state index contributed by atoms with van der Waals surface area (Å²) in [5, 5.41) is 9.99. The van der Waals surface area contributed by atoms with E-state index in [1.54, 1.807) is 18.3 Å². The Bertz CT molecular complexity index is 755. The third kappa shape index (κ3) is 3.51. The number of nitrogens with zero attached hydrogens (tertiary/aromatic N) is 2. The number of amides is 1. The SMILES string of the molecule is O=C(NC[C@H]1CCCN2CCCC[C@@H]12)c1cn[nH]c1-c1ccc(F)cc1. The highest BCUT2D eigenvalue weighted by molar-refractivity contribution is 5.99. The highest BCUT2D eigenvalue weighted by Gasteiger charge is 2.33. The lowest BCUT2D eigenvalue weighted by atomic mass is 9.83. The lowest BCUT2D eigenvalue weighted by molar-refractivity contribution is 0.0576. The number of benzene rings is 1. The molecule has 2 aliphatic heterocycles. The van der Waals surface area contributed by atoms with Crippen molar-refractivity contribution >= 4 is 5.91 Å². The molecule has 2 atom stereocenters. The van der Waals surface area contributed by atoms with Crippen molar-refractivity contribution in [3.8, 4) is 11.3 Å². The second-order valence-corrected chi connectivity index (χ2v) is 7.38. The maximum Gasteiger partial charge on any atom is 0.255 e. The molecule has 2 fully saturated rings. The number of aromatic nitrogens is 2. The van der Waals surface area contributed by atoms with Crippen LogP contribution in [0.15, 0.2) is 30.5 Å².